The van der Waals surface area contributed by atoms with E-state index in [1.807, 2.05) is 11.8 Å². The number of hydrogen-bond donors (Lipinski definition) is 1. The summed E-state index contributed by atoms with van der Waals surface area (Å²) in [4.78, 5) is 14.6. The Morgan fingerprint density at radius 1 is 1.33 bits per heavy atom. The van der Waals surface area contributed by atoms with Crippen molar-refractivity contribution < 1.29 is 9.18 Å². The van der Waals surface area contributed by atoms with Crippen molar-refractivity contribution in [1.82, 2.24) is 10.2 Å². The zero-order chi connectivity index (χ0) is 14.8. The minimum absolute atomic E-state index is 0.0188. The normalized spacial score (nSPS) is 26.1. The van der Waals surface area contributed by atoms with E-state index in [-0.39, 0.29) is 11.7 Å². The molecule has 2 aliphatic heterocycles. The van der Waals surface area contributed by atoms with Crippen LogP contribution in [0.4, 0.5) is 4.39 Å². The van der Waals surface area contributed by atoms with Crippen LogP contribution in [0.2, 0.25) is 0 Å². The van der Waals surface area contributed by atoms with E-state index in [9.17, 15) is 9.18 Å². The molecule has 2 fully saturated rings. The summed E-state index contributed by atoms with van der Waals surface area (Å²) in [7, 11) is 0. The van der Waals surface area contributed by atoms with Crippen LogP contribution in [0.5, 0.6) is 0 Å². The van der Waals surface area contributed by atoms with E-state index in [1.54, 1.807) is 6.07 Å². The number of rotatable bonds is 2. The van der Waals surface area contributed by atoms with Gasteiger partial charge in [0.05, 0.1) is 0 Å². The Bertz CT molecular complexity index is 526. The minimum atomic E-state index is -0.338. The van der Waals surface area contributed by atoms with Crippen LogP contribution in [0.25, 0.3) is 0 Å². The van der Waals surface area contributed by atoms with Crippen LogP contribution in [0, 0.1) is 18.7 Å². The third-order valence-corrected chi connectivity index (χ3v) is 4.84. The molecule has 0 saturated carbocycles. The molecule has 1 aromatic carbocycles. The van der Waals surface area contributed by atoms with Gasteiger partial charge in [0.2, 0.25) is 0 Å². The molecule has 2 atom stereocenters. The van der Waals surface area contributed by atoms with Gasteiger partial charge < -0.3 is 10.2 Å². The molecule has 0 spiro atoms. The number of halogens is 1. The van der Waals surface area contributed by atoms with Gasteiger partial charge in [-0.2, -0.15) is 0 Å². The number of likely N-dealkylation sites (tertiary alicyclic amines) is 1. The molecule has 1 aromatic rings. The number of nitrogens with one attached hydrogen (secondary N) is 1. The highest BCUT2D eigenvalue weighted by Crippen LogP contribution is 2.26. The number of aryl methyl sites for hydroxylation is 1. The summed E-state index contributed by atoms with van der Waals surface area (Å²) in [5.74, 6) is 0.184. The zero-order valence-corrected chi connectivity index (χ0v) is 12.6. The Morgan fingerprint density at radius 2 is 2.19 bits per heavy atom. The van der Waals surface area contributed by atoms with Gasteiger partial charge in [0.25, 0.3) is 5.91 Å². The lowest BCUT2D eigenvalue weighted by molar-refractivity contribution is 0.0650. The van der Waals surface area contributed by atoms with Crippen molar-refractivity contribution in [1.29, 1.82) is 0 Å². The van der Waals surface area contributed by atoms with Gasteiger partial charge >= 0.3 is 0 Å². The average molecular weight is 290 g/mol. The fraction of sp³-hybridized carbons (Fsp3) is 0.588. The fourth-order valence-corrected chi connectivity index (χ4v) is 3.63. The second-order valence-electron chi connectivity index (χ2n) is 6.32. The van der Waals surface area contributed by atoms with Crippen molar-refractivity contribution in [3.05, 3.63) is 35.1 Å². The molecule has 1 amide bonds. The highest BCUT2D eigenvalue weighted by Gasteiger charge is 2.31. The number of carbonyl (C=O) groups excluding carboxylic acids is 1. The monoisotopic (exact) mass is 290 g/mol. The molecular weight excluding hydrogens is 267 g/mol. The first-order valence-electron chi connectivity index (χ1n) is 7.94. The minimum Gasteiger partial charge on any atom is -0.338 e. The quantitative estimate of drug-likeness (QED) is 0.908. The van der Waals surface area contributed by atoms with Gasteiger partial charge in [-0.1, -0.05) is 6.07 Å². The lowest BCUT2D eigenvalue weighted by Crippen LogP contribution is -2.46. The number of amides is 1. The van der Waals surface area contributed by atoms with Crippen molar-refractivity contribution in [3.8, 4) is 0 Å². The van der Waals surface area contributed by atoms with E-state index in [1.165, 1.54) is 31.4 Å². The van der Waals surface area contributed by atoms with E-state index >= 15 is 0 Å². The maximum Gasteiger partial charge on any atom is 0.254 e. The number of hydrogen-bond acceptors (Lipinski definition) is 2. The lowest BCUT2D eigenvalue weighted by Gasteiger charge is -2.36. The highest BCUT2D eigenvalue weighted by molar-refractivity contribution is 5.95. The van der Waals surface area contributed by atoms with Crippen LogP contribution in [-0.2, 0) is 0 Å². The molecule has 2 unspecified atom stereocenters. The van der Waals surface area contributed by atoms with E-state index < -0.39 is 0 Å². The number of piperidine rings is 1. The SMILES string of the molecule is Cc1ccc(F)cc1C(=O)N1CCCC(C2CCCN2)C1. The Kier molecular flexibility index (Phi) is 4.24. The van der Waals surface area contributed by atoms with Crippen LogP contribution in [0.1, 0.15) is 41.6 Å². The molecule has 0 radical (unpaired) electrons. The van der Waals surface area contributed by atoms with Crippen LogP contribution in [0.3, 0.4) is 0 Å². The predicted molar refractivity (Wildman–Crippen MR) is 80.8 cm³/mol. The van der Waals surface area contributed by atoms with E-state index in [0.29, 0.717) is 17.5 Å². The molecule has 0 bridgehead atoms. The molecule has 2 heterocycles. The average Bonchev–Trinajstić information content (AvgIpc) is 3.03. The number of carbonyl (C=O) groups is 1. The van der Waals surface area contributed by atoms with Crippen molar-refractivity contribution >= 4 is 5.91 Å². The molecule has 2 aliphatic rings. The van der Waals surface area contributed by atoms with Gasteiger partial charge in [-0.3, -0.25) is 4.79 Å². The van der Waals surface area contributed by atoms with Crippen LogP contribution < -0.4 is 5.32 Å². The summed E-state index contributed by atoms with van der Waals surface area (Å²) in [6.07, 6.45) is 4.68. The summed E-state index contributed by atoms with van der Waals surface area (Å²) in [6, 6.07) is 5.01. The zero-order valence-electron chi connectivity index (χ0n) is 12.6. The van der Waals surface area contributed by atoms with Gasteiger partial charge in [-0.15, -0.1) is 0 Å². The lowest BCUT2D eigenvalue weighted by atomic mass is 9.89. The topological polar surface area (TPSA) is 32.3 Å². The van der Waals surface area contributed by atoms with Crippen molar-refractivity contribution in [2.75, 3.05) is 19.6 Å². The summed E-state index contributed by atoms with van der Waals surface area (Å²) in [5, 5.41) is 3.55. The van der Waals surface area contributed by atoms with E-state index in [0.717, 1.165) is 31.6 Å². The molecule has 4 heteroatoms. The van der Waals surface area contributed by atoms with Crippen molar-refractivity contribution in [2.45, 2.75) is 38.6 Å². The number of benzene rings is 1. The van der Waals surface area contributed by atoms with Gasteiger partial charge in [0, 0.05) is 24.7 Å². The van der Waals surface area contributed by atoms with Crippen LogP contribution in [0.15, 0.2) is 18.2 Å². The van der Waals surface area contributed by atoms with Gasteiger partial charge in [0.15, 0.2) is 0 Å². The second kappa shape index (κ2) is 6.14. The predicted octanol–water partition coefficient (Wildman–Crippen LogP) is 2.74. The fourth-order valence-electron chi connectivity index (χ4n) is 3.63. The molecule has 0 aliphatic carbocycles. The Balaban J connectivity index is 1.73. The molecule has 3 rings (SSSR count). The molecule has 0 aromatic heterocycles. The van der Waals surface area contributed by atoms with Gasteiger partial charge in [0.1, 0.15) is 5.82 Å². The summed E-state index contributed by atoms with van der Waals surface area (Å²) in [5.41, 5.74) is 1.36. The standard InChI is InChI=1S/C17H23FN2O/c1-12-6-7-14(18)10-15(12)17(21)20-9-3-4-13(11-20)16-5-2-8-19-16/h6-7,10,13,16,19H,2-5,8-9,11H2,1H3. The van der Waals surface area contributed by atoms with E-state index in [4.69, 9.17) is 0 Å². The van der Waals surface area contributed by atoms with Crippen molar-refractivity contribution in [2.24, 2.45) is 5.92 Å². The Labute approximate surface area is 125 Å². The largest absolute Gasteiger partial charge is 0.338 e. The summed E-state index contributed by atoms with van der Waals surface area (Å²) < 4.78 is 13.4. The van der Waals surface area contributed by atoms with Crippen LogP contribution >= 0.6 is 0 Å². The third kappa shape index (κ3) is 3.10. The molecule has 21 heavy (non-hydrogen) atoms. The second-order valence-corrected chi connectivity index (χ2v) is 6.32. The van der Waals surface area contributed by atoms with Gasteiger partial charge in [-0.25, -0.2) is 4.39 Å². The molecule has 2 saturated heterocycles. The number of nitrogens with zero attached hydrogens (tertiary/aromatic N) is 1. The maximum atomic E-state index is 13.4. The molecule has 114 valence electrons. The highest BCUT2D eigenvalue weighted by atomic mass is 19.1. The molecule has 3 nitrogen and oxygen atoms in total. The summed E-state index contributed by atoms with van der Waals surface area (Å²) in [6.45, 7) is 4.55. The third-order valence-electron chi connectivity index (χ3n) is 4.84. The Morgan fingerprint density at radius 3 is 2.95 bits per heavy atom. The van der Waals surface area contributed by atoms with Crippen LogP contribution in [-0.4, -0.2) is 36.5 Å². The molecule has 1 N–H and O–H groups in total. The van der Waals surface area contributed by atoms with Crippen molar-refractivity contribution in [3.63, 3.8) is 0 Å². The molecular formula is C17H23FN2O. The first-order valence-corrected chi connectivity index (χ1v) is 7.94. The van der Waals surface area contributed by atoms with Gasteiger partial charge in [-0.05, 0) is 62.8 Å². The first kappa shape index (κ1) is 14.5. The first-order chi connectivity index (χ1) is 10.1. The smallest absolute Gasteiger partial charge is 0.254 e. The van der Waals surface area contributed by atoms with E-state index in [2.05, 4.69) is 5.32 Å². The Hall–Kier alpha value is -1.42. The maximum absolute atomic E-state index is 13.4. The summed E-state index contributed by atoms with van der Waals surface area (Å²) >= 11 is 0.